The molecule has 1 aromatic heterocycles. The van der Waals surface area contributed by atoms with Gasteiger partial charge < -0.3 is 15.1 Å². The zero-order valence-electron chi connectivity index (χ0n) is 17.7. The van der Waals surface area contributed by atoms with Crippen LogP contribution in [0.4, 0.5) is 16.3 Å². The average Bonchev–Trinajstić information content (AvgIpc) is 3.47. The topological polar surface area (TPSA) is 72.5 Å². The summed E-state index contributed by atoms with van der Waals surface area (Å²) in [7, 11) is 1.84. The number of rotatable bonds is 7. The van der Waals surface area contributed by atoms with Crippen LogP contribution >= 0.6 is 0 Å². The van der Waals surface area contributed by atoms with Gasteiger partial charge in [0, 0.05) is 38.8 Å². The first-order chi connectivity index (χ1) is 14.7. The zero-order valence-corrected chi connectivity index (χ0v) is 17.7. The highest BCUT2D eigenvalue weighted by Crippen LogP contribution is 2.24. The van der Waals surface area contributed by atoms with E-state index >= 15 is 0 Å². The van der Waals surface area contributed by atoms with Crippen LogP contribution in [-0.2, 0) is 0 Å². The van der Waals surface area contributed by atoms with E-state index in [0.717, 1.165) is 50.4 Å². The van der Waals surface area contributed by atoms with Crippen molar-refractivity contribution in [2.75, 3.05) is 36.9 Å². The summed E-state index contributed by atoms with van der Waals surface area (Å²) >= 11 is 0. The van der Waals surface area contributed by atoms with Gasteiger partial charge in [0.05, 0.1) is 11.9 Å². The zero-order chi connectivity index (χ0) is 20.8. The third-order valence-corrected chi connectivity index (χ3v) is 6.01. The van der Waals surface area contributed by atoms with E-state index in [4.69, 9.17) is 0 Å². The molecule has 3 N–H and O–H groups in total. The predicted octanol–water partition coefficient (Wildman–Crippen LogP) is 3.53. The number of nitrogens with one attached hydrogen (secondary N) is 3. The number of benzene rings is 1. The fraction of sp³-hybridized carbons (Fsp3) is 0.478. The maximum atomic E-state index is 12.5. The minimum atomic E-state index is -0.0922. The van der Waals surface area contributed by atoms with Crippen LogP contribution in [0, 0.1) is 0 Å². The van der Waals surface area contributed by atoms with Gasteiger partial charge in [0.1, 0.15) is 5.82 Å². The van der Waals surface area contributed by atoms with Crippen molar-refractivity contribution in [3.05, 3.63) is 54.2 Å². The van der Waals surface area contributed by atoms with Crippen molar-refractivity contribution in [1.82, 2.24) is 20.7 Å². The Bertz CT molecular complexity index is 806. The van der Waals surface area contributed by atoms with Crippen LogP contribution in [0.3, 0.4) is 0 Å². The van der Waals surface area contributed by atoms with Gasteiger partial charge in [0.2, 0.25) is 0 Å². The summed E-state index contributed by atoms with van der Waals surface area (Å²) in [4.78, 5) is 21.0. The lowest BCUT2D eigenvalue weighted by atomic mass is 10.00. The maximum Gasteiger partial charge on any atom is 0.321 e. The number of anilines is 2. The molecule has 2 atom stereocenters. The normalized spacial score (nSPS) is 21.0. The quantitative estimate of drug-likeness (QED) is 0.654. The Morgan fingerprint density at radius 1 is 1.17 bits per heavy atom. The molecule has 30 heavy (non-hydrogen) atoms. The van der Waals surface area contributed by atoms with Gasteiger partial charge in [-0.25, -0.2) is 9.78 Å². The standard InChI is InChI=1S/C23H32N6O/c1-28(13-7-10-19-16-21(27-26-19)18-8-3-2-4-9-18)23(30)25-20-11-12-22(24-17-20)29-14-5-6-15-29/h2-4,8-9,11-12,17,19,21,26-27H,5-7,10,13-16H2,1H3,(H,25,30). The van der Waals surface area contributed by atoms with Crippen LogP contribution in [0.5, 0.6) is 0 Å². The summed E-state index contributed by atoms with van der Waals surface area (Å²) in [6.07, 6.45) is 7.25. The Balaban J connectivity index is 1.17. The number of carbonyl (C=O) groups excluding carboxylic acids is 1. The highest BCUT2D eigenvalue weighted by atomic mass is 16.2. The van der Waals surface area contributed by atoms with Gasteiger partial charge in [-0.2, -0.15) is 0 Å². The van der Waals surface area contributed by atoms with Crippen LogP contribution in [0.2, 0.25) is 0 Å². The molecule has 0 saturated carbocycles. The third kappa shape index (κ3) is 5.29. The van der Waals surface area contributed by atoms with Gasteiger partial charge in [-0.15, -0.1) is 0 Å². The Kier molecular flexibility index (Phi) is 6.81. The summed E-state index contributed by atoms with van der Waals surface area (Å²) in [5, 5.41) is 2.94. The van der Waals surface area contributed by atoms with Crippen molar-refractivity contribution in [1.29, 1.82) is 0 Å². The number of hydrazine groups is 1. The number of urea groups is 1. The van der Waals surface area contributed by atoms with E-state index < -0.39 is 0 Å². The lowest BCUT2D eigenvalue weighted by molar-refractivity contribution is 0.221. The van der Waals surface area contributed by atoms with Gasteiger partial charge in [-0.1, -0.05) is 30.3 Å². The van der Waals surface area contributed by atoms with Crippen LogP contribution in [0.1, 0.15) is 43.7 Å². The Morgan fingerprint density at radius 3 is 2.70 bits per heavy atom. The van der Waals surface area contributed by atoms with Crippen LogP contribution in [-0.4, -0.2) is 48.6 Å². The third-order valence-electron chi connectivity index (χ3n) is 6.01. The first-order valence-corrected chi connectivity index (χ1v) is 11.0. The molecule has 0 spiro atoms. The highest BCUT2D eigenvalue weighted by Gasteiger charge is 2.24. The number of aromatic nitrogens is 1. The second kappa shape index (κ2) is 9.91. The summed E-state index contributed by atoms with van der Waals surface area (Å²) in [6.45, 7) is 2.86. The molecule has 2 amide bonds. The van der Waals surface area contributed by atoms with E-state index in [0.29, 0.717) is 12.1 Å². The van der Waals surface area contributed by atoms with Crippen LogP contribution < -0.4 is 21.1 Å². The van der Waals surface area contributed by atoms with E-state index in [9.17, 15) is 4.79 Å². The number of carbonyl (C=O) groups is 1. The highest BCUT2D eigenvalue weighted by molar-refractivity contribution is 5.89. The SMILES string of the molecule is CN(CCCC1CC(c2ccccc2)NN1)C(=O)Nc1ccc(N2CCCC2)nc1. The van der Waals surface area contributed by atoms with E-state index in [1.165, 1.54) is 18.4 Å². The minimum Gasteiger partial charge on any atom is -0.357 e. The smallest absolute Gasteiger partial charge is 0.321 e. The molecule has 0 bridgehead atoms. The Labute approximate surface area is 178 Å². The number of pyridine rings is 1. The summed E-state index contributed by atoms with van der Waals surface area (Å²) in [5.41, 5.74) is 8.83. The monoisotopic (exact) mass is 408 g/mol. The van der Waals surface area contributed by atoms with E-state index in [1.807, 2.05) is 25.2 Å². The summed E-state index contributed by atoms with van der Waals surface area (Å²) in [6, 6.07) is 15.1. The maximum absolute atomic E-state index is 12.5. The second-order valence-corrected chi connectivity index (χ2v) is 8.28. The van der Waals surface area contributed by atoms with Gasteiger partial charge in [-0.05, 0) is 49.8 Å². The minimum absolute atomic E-state index is 0.0922. The molecule has 7 nitrogen and oxygen atoms in total. The predicted molar refractivity (Wildman–Crippen MR) is 120 cm³/mol. The number of amides is 2. The van der Waals surface area contributed by atoms with E-state index in [2.05, 4.69) is 50.3 Å². The van der Waals surface area contributed by atoms with Gasteiger partial charge in [0.15, 0.2) is 0 Å². The largest absolute Gasteiger partial charge is 0.357 e. The molecule has 1 aromatic carbocycles. The molecule has 3 heterocycles. The second-order valence-electron chi connectivity index (χ2n) is 8.28. The molecule has 2 unspecified atom stereocenters. The molecule has 7 heteroatoms. The fourth-order valence-corrected chi connectivity index (χ4v) is 4.20. The van der Waals surface area contributed by atoms with Crippen molar-refractivity contribution in [3.8, 4) is 0 Å². The van der Waals surface area contributed by atoms with Crippen LogP contribution in [0.25, 0.3) is 0 Å². The lowest BCUT2D eigenvalue weighted by Gasteiger charge is -2.20. The van der Waals surface area contributed by atoms with Gasteiger partial charge >= 0.3 is 6.03 Å². The molecular weight excluding hydrogens is 376 g/mol. The molecule has 2 aliphatic rings. The molecule has 2 saturated heterocycles. The molecule has 2 aromatic rings. The number of hydrogen-bond acceptors (Lipinski definition) is 5. The first kappa shape index (κ1) is 20.6. The lowest BCUT2D eigenvalue weighted by Crippen LogP contribution is -2.34. The number of nitrogens with zero attached hydrogens (tertiary/aromatic N) is 3. The molecule has 2 fully saturated rings. The summed E-state index contributed by atoms with van der Waals surface area (Å²) in [5.74, 6) is 0.991. The molecule has 0 radical (unpaired) electrons. The Morgan fingerprint density at radius 2 is 1.97 bits per heavy atom. The molecule has 0 aliphatic carbocycles. The Hall–Kier alpha value is -2.64. The molecule has 4 rings (SSSR count). The van der Waals surface area contributed by atoms with Crippen molar-refractivity contribution in [2.45, 2.75) is 44.2 Å². The first-order valence-electron chi connectivity index (χ1n) is 11.0. The van der Waals surface area contributed by atoms with Crippen molar-refractivity contribution < 1.29 is 4.79 Å². The van der Waals surface area contributed by atoms with Gasteiger partial charge in [0.25, 0.3) is 0 Å². The van der Waals surface area contributed by atoms with E-state index in [1.54, 1.807) is 11.1 Å². The fourth-order valence-electron chi connectivity index (χ4n) is 4.20. The van der Waals surface area contributed by atoms with Crippen molar-refractivity contribution in [2.24, 2.45) is 0 Å². The van der Waals surface area contributed by atoms with Crippen molar-refractivity contribution >= 4 is 17.5 Å². The van der Waals surface area contributed by atoms with Crippen LogP contribution in [0.15, 0.2) is 48.7 Å². The molecule has 2 aliphatic heterocycles. The van der Waals surface area contributed by atoms with E-state index in [-0.39, 0.29) is 6.03 Å². The number of hydrogen-bond donors (Lipinski definition) is 3. The molecular formula is C23H32N6O. The molecule has 160 valence electrons. The average molecular weight is 409 g/mol. The van der Waals surface area contributed by atoms with Gasteiger partial charge in [-0.3, -0.25) is 10.9 Å². The van der Waals surface area contributed by atoms with Crippen molar-refractivity contribution in [3.63, 3.8) is 0 Å². The summed E-state index contributed by atoms with van der Waals surface area (Å²) < 4.78 is 0.